The first-order valence-corrected chi connectivity index (χ1v) is 10.4. The zero-order valence-corrected chi connectivity index (χ0v) is 18.2. The number of hydrogen-bond donors (Lipinski definition) is 2. The smallest absolute Gasteiger partial charge is 0.343 e. The average Bonchev–Trinajstić information content (AvgIpc) is 2.83. The van der Waals surface area contributed by atoms with Crippen LogP contribution in [0, 0.1) is 10.1 Å². The summed E-state index contributed by atoms with van der Waals surface area (Å²) in [4.78, 5) is 36.4. The van der Waals surface area contributed by atoms with E-state index in [-0.39, 0.29) is 27.7 Å². The van der Waals surface area contributed by atoms with Crippen molar-refractivity contribution < 1.29 is 24.4 Å². The minimum Gasteiger partial charge on any atom is -0.507 e. The van der Waals surface area contributed by atoms with Crippen LogP contribution in [0.5, 0.6) is 5.75 Å². The van der Waals surface area contributed by atoms with E-state index in [9.17, 15) is 24.8 Å². The van der Waals surface area contributed by atoms with Crippen molar-refractivity contribution in [2.24, 2.45) is 0 Å². The van der Waals surface area contributed by atoms with Gasteiger partial charge in [-0.15, -0.1) is 0 Å². The monoisotopic (exact) mass is 476 g/mol. The lowest BCUT2D eigenvalue weighted by Gasteiger charge is -2.19. The standard InChI is InChI=1S/C25H17ClN2O6/c26-20-14-18(28(32)33)10-11-21(20)27-24(30)23(15-6-2-1-3-7-15)34-25(31)19-12-16-8-4-5-9-17(16)13-22(19)29/h1-14,23,29H,(H,27,30)/t23-/m1/s1. The van der Waals surface area contributed by atoms with Crippen molar-refractivity contribution in [3.8, 4) is 5.75 Å². The molecule has 4 aromatic rings. The predicted octanol–water partition coefficient (Wildman–Crippen LogP) is 5.64. The molecule has 1 atom stereocenters. The zero-order chi connectivity index (χ0) is 24.2. The maximum atomic E-state index is 13.1. The van der Waals surface area contributed by atoms with Crippen molar-refractivity contribution >= 4 is 45.6 Å². The number of ether oxygens (including phenoxy) is 1. The fourth-order valence-electron chi connectivity index (χ4n) is 3.38. The Morgan fingerprint density at radius 3 is 2.24 bits per heavy atom. The summed E-state index contributed by atoms with van der Waals surface area (Å²) in [7, 11) is 0. The van der Waals surface area contributed by atoms with Crippen LogP contribution >= 0.6 is 11.6 Å². The predicted molar refractivity (Wildman–Crippen MR) is 127 cm³/mol. The number of hydrogen-bond acceptors (Lipinski definition) is 6. The second-order valence-corrected chi connectivity index (χ2v) is 7.73. The van der Waals surface area contributed by atoms with Crippen molar-refractivity contribution in [1.82, 2.24) is 0 Å². The van der Waals surface area contributed by atoms with Gasteiger partial charge in [-0.25, -0.2) is 4.79 Å². The summed E-state index contributed by atoms with van der Waals surface area (Å²) >= 11 is 6.09. The molecule has 0 saturated carbocycles. The molecule has 170 valence electrons. The van der Waals surface area contributed by atoms with Crippen LogP contribution in [0.2, 0.25) is 5.02 Å². The molecule has 0 heterocycles. The van der Waals surface area contributed by atoms with E-state index in [0.717, 1.165) is 11.5 Å². The normalized spacial score (nSPS) is 11.6. The molecule has 0 aromatic heterocycles. The molecular weight excluding hydrogens is 460 g/mol. The second kappa shape index (κ2) is 9.60. The summed E-state index contributed by atoms with van der Waals surface area (Å²) in [5.41, 5.74) is 0.163. The molecule has 34 heavy (non-hydrogen) atoms. The Bertz CT molecular complexity index is 1410. The number of esters is 1. The van der Waals surface area contributed by atoms with Gasteiger partial charge < -0.3 is 15.2 Å². The molecule has 0 aliphatic carbocycles. The molecule has 0 aliphatic rings. The van der Waals surface area contributed by atoms with Crippen LogP contribution in [0.4, 0.5) is 11.4 Å². The topological polar surface area (TPSA) is 119 Å². The quantitative estimate of drug-likeness (QED) is 0.211. The Kier molecular flexibility index (Phi) is 6.42. The van der Waals surface area contributed by atoms with E-state index in [4.69, 9.17) is 16.3 Å². The summed E-state index contributed by atoms with van der Waals surface area (Å²) in [5.74, 6) is -1.91. The number of carbonyl (C=O) groups is 2. The van der Waals surface area contributed by atoms with E-state index < -0.39 is 22.9 Å². The van der Waals surface area contributed by atoms with Gasteiger partial charge in [0.1, 0.15) is 11.3 Å². The summed E-state index contributed by atoms with van der Waals surface area (Å²) in [5, 5.41) is 25.2. The number of nitro groups is 1. The van der Waals surface area contributed by atoms with Crippen LogP contribution in [0.3, 0.4) is 0 Å². The first-order chi connectivity index (χ1) is 16.3. The highest BCUT2D eigenvalue weighted by Crippen LogP contribution is 2.30. The molecule has 4 rings (SSSR count). The molecule has 1 amide bonds. The van der Waals surface area contributed by atoms with E-state index in [1.54, 1.807) is 54.6 Å². The Morgan fingerprint density at radius 2 is 1.59 bits per heavy atom. The minimum atomic E-state index is -1.38. The number of phenols is 1. The van der Waals surface area contributed by atoms with Crippen LogP contribution in [0.1, 0.15) is 22.0 Å². The summed E-state index contributed by atoms with van der Waals surface area (Å²) < 4.78 is 5.53. The highest BCUT2D eigenvalue weighted by molar-refractivity contribution is 6.34. The number of benzene rings is 4. The second-order valence-electron chi connectivity index (χ2n) is 7.32. The maximum Gasteiger partial charge on any atom is 0.343 e. The molecule has 4 aromatic carbocycles. The number of nitrogens with zero attached hydrogens (tertiary/aromatic N) is 1. The van der Waals surface area contributed by atoms with Crippen LogP contribution < -0.4 is 5.32 Å². The Morgan fingerprint density at radius 1 is 0.941 bits per heavy atom. The molecule has 0 bridgehead atoms. The lowest BCUT2D eigenvalue weighted by atomic mass is 10.1. The van der Waals surface area contributed by atoms with Crippen LogP contribution in [-0.4, -0.2) is 21.9 Å². The molecule has 0 spiro atoms. The Labute approximate surface area is 198 Å². The van der Waals surface area contributed by atoms with E-state index in [1.165, 1.54) is 24.3 Å². The van der Waals surface area contributed by atoms with Gasteiger partial charge in [-0.05, 0) is 29.0 Å². The maximum absolute atomic E-state index is 13.1. The first kappa shape index (κ1) is 22.8. The number of halogens is 1. The number of fused-ring (bicyclic) bond motifs is 1. The number of non-ortho nitro benzene ring substituents is 1. The molecule has 0 fully saturated rings. The summed E-state index contributed by atoms with van der Waals surface area (Å²) in [6, 6.07) is 22.0. The SMILES string of the molecule is O=C(O[C@@H](C(=O)Nc1ccc([N+](=O)[O-])cc1Cl)c1ccccc1)c1cc2ccccc2cc1O. The summed E-state index contributed by atoms with van der Waals surface area (Å²) in [6.45, 7) is 0. The third kappa shape index (κ3) is 4.82. The van der Waals surface area contributed by atoms with E-state index in [0.29, 0.717) is 10.9 Å². The number of nitro benzene ring substituents is 1. The van der Waals surface area contributed by atoms with Crippen molar-refractivity contribution in [3.05, 3.63) is 111 Å². The van der Waals surface area contributed by atoms with E-state index >= 15 is 0 Å². The van der Waals surface area contributed by atoms with Gasteiger partial charge in [0, 0.05) is 17.7 Å². The highest BCUT2D eigenvalue weighted by atomic mass is 35.5. The molecule has 0 aliphatic heterocycles. The summed E-state index contributed by atoms with van der Waals surface area (Å²) in [6.07, 6.45) is -1.38. The van der Waals surface area contributed by atoms with Gasteiger partial charge in [0.05, 0.1) is 15.6 Å². The molecule has 2 N–H and O–H groups in total. The van der Waals surface area contributed by atoms with Gasteiger partial charge in [0.2, 0.25) is 6.10 Å². The average molecular weight is 477 g/mol. The van der Waals surface area contributed by atoms with Crippen LogP contribution in [0.25, 0.3) is 10.8 Å². The van der Waals surface area contributed by atoms with Gasteiger partial charge >= 0.3 is 5.97 Å². The third-order valence-corrected chi connectivity index (χ3v) is 5.38. The number of amides is 1. The number of carbonyl (C=O) groups excluding carboxylic acids is 2. The number of nitrogens with one attached hydrogen (secondary N) is 1. The van der Waals surface area contributed by atoms with Crippen molar-refractivity contribution in [1.29, 1.82) is 0 Å². The number of phenolic OH excluding ortho intramolecular Hbond substituents is 1. The fraction of sp³-hybridized carbons (Fsp3) is 0.0400. The van der Waals surface area contributed by atoms with Crippen molar-refractivity contribution in [3.63, 3.8) is 0 Å². The highest BCUT2D eigenvalue weighted by Gasteiger charge is 2.28. The van der Waals surface area contributed by atoms with Gasteiger partial charge in [-0.1, -0.05) is 66.2 Å². The zero-order valence-electron chi connectivity index (χ0n) is 17.5. The number of anilines is 1. The number of rotatable bonds is 6. The molecule has 8 nitrogen and oxygen atoms in total. The minimum absolute atomic E-state index is 0.0483. The van der Waals surface area contributed by atoms with Gasteiger partial charge in [0.25, 0.3) is 11.6 Å². The largest absolute Gasteiger partial charge is 0.507 e. The molecule has 0 unspecified atom stereocenters. The van der Waals surface area contributed by atoms with Gasteiger partial charge in [0.15, 0.2) is 0 Å². The first-order valence-electron chi connectivity index (χ1n) is 10.1. The lowest BCUT2D eigenvalue weighted by molar-refractivity contribution is -0.384. The number of aromatic hydroxyl groups is 1. The Balaban J connectivity index is 1.63. The molecule has 0 saturated heterocycles. The molecular formula is C25H17ClN2O6. The van der Waals surface area contributed by atoms with Gasteiger partial charge in [-0.3, -0.25) is 14.9 Å². The van der Waals surface area contributed by atoms with E-state index in [1.807, 2.05) is 0 Å². The van der Waals surface area contributed by atoms with Crippen LogP contribution in [-0.2, 0) is 9.53 Å². The van der Waals surface area contributed by atoms with E-state index in [2.05, 4.69) is 5.32 Å². The fourth-order valence-corrected chi connectivity index (χ4v) is 3.60. The van der Waals surface area contributed by atoms with Crippen molar-refractivity contribution in [2.75, 3.05) is 5.32 Å². The van der Waals surface area contributed by atoms with Crippen LogP contribution in [0.15, 0.2) is 84.9 Å². The Hall–Kier alpha value is -4.43. The molecule has 9 heteroatoms. The van der Waals surface area contributed by atoms with Crippen molar-refractivity contribution in [2.45, 2.75) is 6.10 Å². The molecule has 0 radical (unpaired) electrons. The lowest BCUT2D eigenvalue weighted by Crippen LogP contribution is -2.26. The van der Waals surface area contributed by atoms with Gasteiger partial charge in [-0.2, -0.15) is 0 Å². The third-order valence-electron chi connectivity index (χ3n) is 5.07.